The summed E-state index contributed by atoms with van der Waals surface area (Å²) in [6.07, 6.45) is 0. The molecule has 0 saturated heterocycles. The molecule has 4 aromatic rings. The predicted molar refractivity (Wildman–Crippen MR) is 136 cm³/mol. The first-order valence-corrected chi connectivity index (χ1v) is 11.5. The Morgan fingerprint density at radius 1 is 1.00 bits per heavy atom. The van der Waals surface area contributed by atoms with E-state index in [1.54, 1.807) is 36.4 Å². The Morgan fingerprint density at radius 3 is 2.46 bits per heavy atom. The molecule has 0 spiro atoms. The Kier molecular flexibility index (Phi) is 7.68. The highest BCUT2D eigenvalue weighted by Crippen LogP contribution is 2.26. The molecule has 1 heterocycles. The summed E-state index contributed by atoms with van der Waals surface area (Å²) in [4.78, 5) is 48.4. The second kappa shape index (κ2) is 11.3. The highest BCUT2D eigenvalue weighted by Gasteiger charge is 2.11. The first-order valence-electron chi connectivity index (χ1n) is 11.5. The maximum atomic E-state index is 12.3. The number of nitrogens with zero attached hydrogens (tertiary/aromatic N) is 1. The number of likely N-dealkylation sites (N-methyl/N-ethyl adjacent to an activating group) is 1. The molecule has 190 valence electrons. The van der Waals surface area contributed by atoms with Gasteiger partial charge < -0.3 is 19.9 Å². The number of carbonyl (C=O) groups is 2. The number of rotatable bonds is 9. The number of hydrogen-bond acceptors (Lipinski definition) is 6. The fraction of sp³-hybridized carbons (Fsp3) is 0.185. The van der Waals surface area contributed by atoms with Crippen molar-refractivity contribution >= 4 is 11.8 Å². The molecule has 0 radical (unpaired) electrons. The van der Waals surface area contributed by atoms with Crippen molar-refractivity contribution in [3.63, 3.8) is 0 Å². The maximum Gasteiger partial charge on any atom is 0.440 e. The molecule has 4 rings (SSSR count). The minimum Gasteiger partial charge on any atom is -0.489 e. The van der Waals surface area contributed by atoms with Crippen LogP contribution in [0, 0.1) is 6.92 Å². The number of carbonyl (C=O) groups excluding carboxylic acids is 2. The molecule has 3 N–H and O–H groups in total. The lowest BCUT2D eigenvalue weighted by Gasteiger charge is -2.12. The van der Waals surface area contributed by atoms with Gasteiger partial charge in [-0.05, 0) is 65.1 Å². The van der Waals surface area contributed by atoms with Crippen LogP contribution in [0.4, 0.5) is 0 Å². The SMILES string of the molecule is CNC(=O)CNC(=O)c1ccc(-c2cccc(COc3ccc(Cn4oc(=O)[nH]c4=O)cc3)c2)c(C)c1. The number of hydrogen-bond donors (Lipinski definition) is 3. The molecule has 0 atom stereocenters. The second-order valence-electron chi connectivity index (χ2n) is 8.36. The highest BCUT2D eigenvalue weighted by molar-refractivity contribution is 5.97. The van der Waals surface area contributed by atoms with Crippen LogP contribution in [0.3, 0.4) is 0 Å². The van der Waals surface area contributed by atoms with Gasteiger partial charge >= 0.3 is 11.4 Å². The first-order chi connectivity index (χ1) is 17.8. The average Bonchev–Trinajstić information content (AvgIpc) is 3.22. The van der Waals surface area contributed by atoms with Crippen LogP contribution in [-0.4, -0.2) is 35.1 Å². The summed E-state index contributed by atoms with van der Waals surface area (Å²) in [7, 11) is 1.52. The van der Waals surface area contributed by atoms with E-state index in [9.17, 15) is 19.2 Å². The van der Waals surface area contributed by atoms with Gasteiger partial charge in [0.25, 0.3) is 5.91 Å². The van der Waals surface area contributed by atoms with Crippen LogP contribution >= 0.6 is 0 Å². The van der Waals surface area contributed by atoms with Crippen LogP contribution in [0.1, 0.15) is 27.0 Å². The van der Waals surface area contributed by atoms with E-state index in [2.05, 4.69) is 10.6 Å². The number of aryl methyl sites for hydroxylation is 1. The molecule has 0 unspecified atom stereocenters. The Balaban J connectivity index is 1.39. The van der Waals surface area contributed by atoms with Gasteiger partial charge in [-0.15, -0.1) is 4.74 Å². The molecule has 10 heteroatoms. The third-order valence-electron chi connectivity index (χ3n) is 5.70. The summed E-state index contributed by atoms with van der Waals surface area (Å²) in [5, 5.41) is 5.06. The Hall–Kier alpha value is -4.86. The highest BCUT2D eigenvalue weighted by atomic mass is 16.5. The lowest BCUT2D eigenvalue weighted by atomic mass is 9.97. The van der Waals surface area contributed by atoms with E-state index in [1.165, 1.54) is 7.05 Å². The largest absolute Gasteiger partial charge is 0.489 e. The minimum atomic E-state index is -0.790. The third kappa shape index (κ3) is 6.43. The molecule has 0 bridgehead atoms. The van der Waals surface area contributed by atoms with E-state index >= 15 is 0 Å². The van der Waals surface area contributed by atoms with E-state index in [4.69, 9.17) is 9.26 Å². The fourth-order valence-corrected chi connectivity index (χ4v) is 3.75. The van der Waals surface area contributed by atoms with E-state index in [0.717, 1.165) is 32.6 Å². The summed E-state index contributed by atoms with van der Waals surface area (Å²) < 4.78 is 11.7. The lowest BCUT2D eigenvalue weighted by Crippen LogP contribution is -2.35. The van der Waals surface area contributed by atoms with Gasteiger partial charge in [0.15, 0.2) is 0 Å². The van der Waals surface area contributed by atoms with Gasteiger partial charge in [0.2, 0.25) is 5.91 Å². The van der Waals surface area contributed by atoms with Crippen molar-refractivity contribution in [1.29, 1.82) is 0 Å². The topological polar surface area (TPSA) is 135 Å². The zero-order valence-electron chi connectivity index (χ0n) is 20.4. The minimum absolute atomic E-state index is 0.0775. The molecule has 37 heavy (non-hydrogen) atoms. The van der Waals surface area contributed by atoms with Gasteiger partial charge in [-0.2, -0.15) is 0 Å². The Bertz CT molecular complexity index is 1530. The van der Waals surface area contributed by atoms with Crippen LogP contribution in [0.2, 0.25) is 0 Å². The molecule has 0 fully saturated rings. The van der Waals surface area contributed by atoms with Gasteiger partial charge in [-0.3, -0.25) is 9.59 Å². The maximum absolute atomic E-state index is 12.3. The average molecular weight is 503 g/mol. The lowest BCUT2D eigenvalue weighted by molar-refractivity contribution is -0.119. The van der Waals surface area contributed by atoms with Gasteiger partial charge in [-0.25, -0.2) is 14.6 Å². The summed E-state index contributed by atoms with van der Waals surface area (Å²) in [6, 6.07) is 20.5. The zero-order chi connectivity index (χ0) is 26.4. The van der Waals surface area contributed by atoms with Crippen molar-refractivity contribution in [2.75, 3.05) is 13.6 Å². The molecule has 10 nitrogen and oxygen atoms in total. The second-order valence-corrected chi connectivity index (χ2v) is 8.36. The van der Waals surface area contributed by atoms with Gasteiger partial charge in [0.05, 0.1) is 13.1 Å². The molecule has 0 saturated carbocycles. The van der Waals surface area contributed by atoms with E-state index < -0.39 is 11.4 Å². The van der Waals surface area contributed by atoms with Crippen molar-refractivity contribution in [1.82, 2.24) is 20.4 Å². The molecule has 0 aliphatic carbocycles. The van der Waals surface area contributed by atoms with Gasteiger partial charge in [0, 0.05) is 12.6 Å². The quantitative estimate of drug-likeness (QED) is 0.321. The number of amides is 2. The van der Waals surface area contributed by atoms with Crippen molar-refractivity contribution < 1.29 is 18.8 Å². The van der Waals surface area contributed by atoms with Gasteiger partial charge in [-0.1, -0.05) is 36.4 Å². The number of aromatic amines is 1. The summed E-state index contributed by atoms with van der Waals surface area (Å²) in [6.45, 7) is 2.33. The summed E-state index contributed by atoms with van der Waals surface area (Å²) >= 11 is 0. The van der Waals surface area contributed by atoms with E-state index in [-0.39, 0.29) is 24.9 Å². The molecule has 0 aliphatic heterocycles. The Morgan fingerprint density at radius 2 is 1.78 bits per heavy atom. The van der Waals surface area contributed by atoms with Crippen LogP contribution in [0.15, 0.2) is 80.8 Å². The van der Waals surface area contributed by atoms with Crippen molar-refractivity contribution in [2.45, 2.75) is 20.1 Å². The zero-order valence-corrected chi connectivity index (χ0v) is 20.4. The van der Waals surface area contributed by atoms with Crippen LogP contribution in [0.5, 0.6) is 5.75 Å². The van der Waals surface area contributed by atoms with Gasteiger partial charge in [0.1, 0.15) is 12.4 Å². The summed E-state index contributed by atoms with van der Waals surface area (Å²) in [5.74, 6) is -0.710. The number of H-pyrrole nitrogens is 1. The number of ether oxygens (including phenoxy) is 1. The number of nitrogens with one attached hydrogen (secondary N) is 3. The fourth-order valence-electron chi connectivity index (χ4n) is 3.75. The van der Waals surface area contributed by atoms with E-state index in [1.807, 2.05) is 42.2 Å². The molecule has 3 aromatic carbocycles. The van der Waals surface area contributed by atoms with Crippen molar-refractivity contribution in [3.05, 3.63) is 110 Å². The van der Waals surface area contributed by atoms with E-state index in [0.29, 0.717) is 17.9 Å². The van der Waals surface area contributed by atoms with Crippen molar-refractivity contribution in [3.8, 4) is 16.9 Å². The standard InChI is InChI=1S/C27H26N4O6/c1-17-12-21(25(33)29-14-24(32)28-2)8-11-23(17)20-5-3-4-19(13-20)16-36-22-9-6-18(7-10-22)15-31-26(34)30-27(35)37-31/h3-13H,14-16H2,1-2H3,(H,28,32)(H,29,33)(H,30,34,35). The van der Waals surface area contributed by atoms with Crippen LogP contribution in [0.25, 0.3) is 11.1 Å². The molecular formula is C27H26N4O6. The van der Waals surface area contributed by atoms with Crippen LogP contribution < -0.4 is 26.8 Å². The molecule has 2 amide bonds. The predicted octanol–water partition coefficient (Wildman–Crippen LogP) is 2.21. The smallest absolute Gasteiger partial charge is 0.440 e. The molecular weight excluding hydrogens is 476 g/mol. The van der Waals surface area contributed by atoms with Crippen molar-refractivity contribution in [2.24, 2.45) is 0 Å². The monoisotopic (exact) mass is 502 g/mol. The summed E-state index contributed by atoms with van der Waals surface area (Å²) in [5.41, 5.74) is 4.54. The number of aromatic nitrogens is 2. The van der Waals surface area contributed by atoms with Crippen LogP contribution in [-0.2, 0) is 17.9 Å². The molecule has 0 aliphatic rings. The number of benzene rings is 3. The Labute approximate surface area is 211 Å². The normalized spacial score (nSPS) is 10.6. The third-order valence-corrected chi connectivity index (χ3v) is 5.70. The first kappa shape index (κ1) is 25.2. The molecule has 1 aromatic heterocycles.